The van der Waals surface area contributed by atoms with E-state index in [1.807, 2.05) is 18.2 Å². The van der Waals surface area contributed by atoms with Gasteiger partial charge in [0.2, 0.25) is 11.8 Å². The van der Waals surface area contributed by atoms with Gasteiger partial charge in [0.1, 0.15) is 0 Å². The van der Waals surface area contributed by atoms with E-state index < -0.39 is 17.9 Å². The van der Waals surface area contributed by atoms with Crippen molar-refractivity contribution >= 4 is 17.8 Å². The molecule has 6 nitrogen and oxygen atoms in total. The quantitative estimate of drug-likeness (QED) is 0.828. The SMILES string of the molecule is CC(C(=O)O)C(NC(=O)CN1CCCCCCC1=O)c1ccccc1. The van der Waals surface area contributed by atoms with Crippen molar-refractivity contribution < 1.29 is 19.5 Å². The van der Waals surface area contributed by atoms with E-state index in [0.717, 1.165) is 31.2 Å². The minimum atomic E-state index is -0.975. The number of nitrogens with zero attached hydrogens (tertiary/aromatic N) is 1. The maximum Gasteiger partial charge on any atom is 0.308 e. The summed E-state index contributed by atoms with van der Waals surface area (Å²) in [6.07, 6.45) is 4.35. The third kappa shape index (κ3) is 5.59. The number of hydrogen-bond acceptors (Lipinski definition) is 3. The highest BCUT2D eigenvalue weighted by molar-refractivity contribution is 5.85. The molecule has 2 rings (SSSR count). The van der Waals surface area contributed by atoms with Crippen LogP contribution in [0.5, 0.6) is 0 Å². The van der Waals surface area contributed by atoms with Crippen LogP contribution in [0.2, 0.25) is 0 Å². The van der Waals surface area contributed by atoms with E-state index in [1.54, 1.807) is 24.0 Å². The number of carbonyl (C=O) groups excluding carboxylic acids is 2. The Bertz CT molecular complexity index is 603. The van der Waals surface area contributed by atoms with Gasteiger partial charge < -0.3 is 15.3 Å². The third-order valence-electron chi connectivity index (χ3n) is 4.62. The van der Waals surface area contributed by atoms with Crippen LogP contribution >= 0.6 is 0 Å². The van der Waals surface area contributed by atoms with E-state index in [9.17, 15) is 19.5 Å². The lowest BCUT2D eigenvalue weighted by molar-refractivity contribution is -0.143. The van der Waals surface area contributed by atoms with Gasteiger partial charge in [-0.25, -0.2) is 0 Å². The molecule has 1 saturated heterocycles. The lowest BCUT2D eigenvalue weighted by Crippen LogP contribution is -2.44. The highest BCUT2D eigenvalue weighted by Crippen LogP contribution is 2.22. The second-order valence-corrected chi connectivity index (χ2v) is 6.56. The summed E-state index contributed by atoms with van der Waals surface area (Å²) in [5.41, 5.74) is 0.741. The van der Waals surface area contributed by atoms with E-state index >= 15 is 0 Å². The highest BCUT2D eigenvalue weighted by atomic mass is 16.4. The lowest BCUT2D eigenvalue weighted by Gasteiger charge is -2.27. The van der Waals surface area contributed by atoms with E-state index in [4.69, 9.17) is 0 Å². The fourth-order valence-electron chi connectivity index (χ4n) is 3.07. The zero-order chi connectivity index (χ0) is 18.2. The van der Waals surface area contributed by atoms with Gasteiger partial charge in [-0.15, -0.1) is 0 Å². The van der Waals surface area contributed by atoms with Gasteiger partial charge in [-0.05, 0) is 25.3 Å². The molecule has 2 unspecified atom stereocenters. The Hall–Kier alpha value is -2.37. The van der Waals surface area contributed by atoms with Crippen LogP contribution in [0, 0.1) is 5.92 Å². The van der Waals surface area contributed by atoms with E-state index in [-0.39, 0.29) is 18.4 Å². The zero-order valence-corrected chi connectivity index (χ0v) is 14.6. The number of likely N-dealkylation sites (tertiary alicyclic amines) is 1. The number of carboxylic acid groups (broad SMARTS) is 1. The van der Waals surface area contributed by atoms with Crippen molar-refractivity contribution in [1.29, 1.82) is 0 Å². The molecular weight excluding hydrogens is 320 g/mol. The topological polar surface area (TPSA) is 86.7 Å². The molecule has 0 bridgehead atoms. The molecular formula is C19H26N2O4. The van der Waals surface area contributed by atoms with Crippen molar-refractivity contribution in [3.05, 3.63) is 35.9 Å². The van der Waals surface area contributed by atoms with Gasteiger partial charge in [-0.3, -0.25) is 14.4 Å². The maximum absolute atomic E-state index is 12.5. The van der Waals surface area contributed by atoms with Crippen LogP contribution in [0.1, 0.15) is 50.6 Å². The van der Waals surface area contributed by atoms with Crippen LogP contribution < -0.4 is 5.32 Å². The minimum Gasteiger partial charge on any atom is -0.481 e. The monoisotopic (exact) mass is 346 g/mol. The second kappa shape index (κ2) is 9.20. The van der Waals surface area contributed by atoms with E-state index in [0.29, 0.717) is 13.0 Å². The fraction of sp³-hybridized carbons (Fsp3) is 0.526. The fourth-order valence-corrected chi connectivity index (χ4v) is 3.07. The predicted molar refractivity (Wildman–Crippen MR) is 93.8 cm³/mol. The molecule has 0 radical (unpaired) electrons. The summed E-state index contributed by atoms with van der Waals surface area (Å²) in [6.45, 7) is 2.13. The summed E-state index contributed by atoms with van der Waals surface area (Å²) in [7, 11) is 0. The molecule has 0 aliphatic carbocycles. The average Bonchev–Trinajstić information content (AvgIpc) is 2.59. The summed E-state index contributed by atoms with van der Waals surface area (Å²) in [5, 5.41) is 12.1. The number of benzene rings is 1. The Morgan fingerprint density at radius 3 is 2.52 bits per heavy atom. The number of carbonyl (C=O) groups is 3. The van der Waals surface area contributed by atoms with Crippen LogP contribution in [-0.4, -0.2) is 40.9 Å². The number of hydrogen-bond donors (Lipinski definition) is 2. The van der Waals surface area contributed by atoms with Gasteiger partial charge in [0.25, 0.3) is 0 Å². The van der Waals surface area contributed by atoms with E-state index in [2.05, 4.69) is 5.32 Å². The van der Waals surface area contributed by atoms with Crippen molar-refractivity contribution in [3.63, 3.8) is 0 Å². The average molecular weight is 346 g/mol. The normalized spacial score (nSPS) is 18.0. The second-order valence-electron chi connectivity index (χ2n) is 6.56. The molecule has 1 fully saturated rings. The Labute approximate surface area is 148 Å². The van der Waals surface area contributed by atoms with Gasteiger partial charge in [-0.2, -0.15) is 0 Å². The number of nitrogens with one attached hydrogen (secondary N) is 1. The molecule has 1 aromatic rings. The first-order chi connectivity index (χ1) is 12.0. The molecule has 0 saturated carbocycles. The van der Waals surface area contributed by atoms with Crippen LogP contribution in [0.25, 0.3) is 0 Å². The standard InChI is InChI=1S/C19H26N2O4/c1-14(19(24)25)18(15-9-5-4-6-10-15)20-16(22)13-21-12-8-3-2-7-11-17(21)23/h4-6,9-10,14,18H,2-3,7-8,11-13H2,1H3,(H,20,22)(H,24,25). The van der Waals surface area contributed by atoms with Crippen LogP contribution in [-0.2, 0) is 14.4 Å². The Morgan fingerprint density at radius 2 is 1.84 bits per heavy atom. The molecule has 1 aliphatic heterocycles. The van der Waals surface area contributed by atoms with Gasteiger partial charge in [0.05, 0.1) is 18.5 Å². The third-order valence-corrected chi connectivity index (χ3v) is 4.62. The minimum absolute atomic E-state index is 0.00241. The van der Waals surface area contributed by atoms with Gasteiger partial charge >= 0.3 is 5.97 Å². The first-order valence-corrected chi connectivity index (χ1v) is 8.84. The van der Waals surface area contributed by atoms with Crippen LogP contribution in [0.3, 0.4) is 0 Å². The van der Waals surface area contributed by atoms with Gasteiger partial charge in [-0.1, -0.05) is 43.2 Å². The zero-order valence-electron chi connectivity index (χ0n) is 14.6. The summed E-state index contributed by atoms with van der Waals surface area (Å²) < 4.78 is 0. The number of carboxylic acids is 1. The van der Waals surface area contributed by atoms with Crippen LogP contribution in [0.15, 0.2) is 30.3 Å². The van der Waals surface area contributed by atoms with Crippen molar-refractivity contribution in [2.45, 2.75) is 45.1 Å². The highest BCUT2D eigenvalue weighted by Gasteiger charge is 2.28. The summed E-state index contributed by atoms with van der Waals surface area (Å²) in [6, 6.07) is 8.43. The lowest BCUT2D eigenvalue weighted by atomic mass is 9.94. The van der Waals surface area contributed by atoms with Gasteiger partial charge in [0.15, 0.2) is 0 Å². The van der Waals surface area contributed by atoms with E-state index in [1.165, 1.54) is 0 Å². The molecule has 2 N–H and O–H groups in total. The Morgan fingerprint density at radius 1 is 1.16 bits per heavy atom. The molecule has 1 heterocycles. The molecule has 1 aromatic carbocycles. The molecule has 6 heteroatoms. The molecule has 0 aromatic heterocycles. The molecule has 25 heavy (non-hydrogen) atoms. The molecule has 2 amide bonds. The molecule has 0 spiro atoms. The Balaban J connectivity index is 2.05. The smallest absolute Gasteiger partial charge is 0.308 e. The molecule has 1 aliphatic rings. The van der Waals surface area contributed by atoms with Crippen molar-refractivity contribution in [1.82, 2.24) is 10.2 Å². The number of amides is 2. The number of aliphatic carboxylic acids is 1. The summed E-state index contributed by atoms with van der Waals surface area (Å²) >= 11 is 0. The van der Waals surface area contributed by atoms with Crippen molar-refractivity contribution in [2.24, 2.45) is 5.92 Å². The summed E-state index contributed by atoms with van der Waals surface area (Å²) in [4.78, 5) is 37.6. The van der Waals surface area contributed by atoms with Crippen molar-refractivity contribution in [3.8, 4) is 0 Å². The largest absolute Gasteiger partial charge is 0.481 e. The number of rotatable bonds is 6. The first-order valence-electron chi connectivity index (χ1n) is 8.84. The predicted octanol–water partition coefficient (Wildman–Crippen LogP) is 2.36. The maximum atomic E-state index is 12.5. The van der Waals surface area contributed by atoms with Crippen molar-refractivity contribution in [2.75, 3.05) is 13.1 Å². The Kier molecular flexibility index (Phi) is 6.98. The van der Waals surface area contributed by atoms with Crippen LogP contribution in [0.4, 0.5) is 0 Å². The van der Waals surface area contributed by atoms with Gasteiger partial charge in [0, 0.05) is 13.0 Å². The summed E-state index contributed by atoms with van der Waals surface area (Å²) in [5.74, 6) is -2.07. The molecule has 2 atom stereocenters. The molecule has 136 valence electrons. The first kappa shape index (κ1) is 19.0.